The van der Waals surface area contributed by atoms with Gasteiger partial charge in [-0.2, -0.15) is 0 Å². The first-order valence-electron chi connectivity index (χ1n) is 6.57. The molecule has 0 bridgehead atoms. The van der Waals surface area contributed by atoms with E-state index in [-0.39, 0.29) is 10.6 Å². The first-order valence-corrected chi connectivity index (χ1v) is 8.43. The van der Waals surface area contributed by atoms with Gasteiger partial charge in [-0.3, -0.25) is 0 Å². The first kappa shape index (κ1) is 15.6. The summed E-state index contributed by atoms with van der Waals surface area (Å²) in [7, 11) is -2.15. The number of sulfonamides is 1. The molecule has 0 unspecified atom stereocenters. The van der Waals surface area contributed by atoms with Gasteiger partial charge in [0, 0.05) is 17.6 Å². The van der Waals surface area contributed by atoms with Crippen molar-refractivity contribution < 1.29 is 13.2 Å². The minimum Gasteiger partial charge on any atom is -0.495 e. The fourth-order valence-corrected chi connectivity index (χ4v) is 3.68. The van der Waals surface area contributed by atoms with E-state index in [2.05, 4.69) is 10.0 Å². The van der Waals surface area contributed by atoms with Gasteiger partial charge in [-0.15, -0.1) is 0 Å². The third-order valence-electron chi connectivity index (χ3n) is 3.44. The van der Waals surface area contributed by atoms with Crippen LogP contribution in [-0.4, -0.2) is 35.2 Å². The first-order chi connectivity index (χ1) is 9.53. The van der Waals surface area contributed by atoms with E-state index in [1.807, 2.05) is 0 Å². The van der Waals surface area contributed by atoms with Crippen LogP contribution in [0.1, 0.15) is 12.8 Å². The molecule has 2 N–H and O–H groups in total. The molecular weight excluding hydrogens is 300 g/mol. The number of hydrogen-bond acceptors (Lipinski definition) is 4. The quantitative estimate of drug-likeness (QED) is 0.866. The van der Waals surface area contributed by atoms with Gasteiger partial charge in [0.2, 0.25) is 10.0 Å². The third kappa shape index (κ3) is 3.85. The van der Waals surface area contributed by atoms with Gasteiger partial charge in [0.1, 0.15) is 10.6 Å². The van der Waals surface area contributed by atoms with Gasteiger partial charge in [0.05, 0.1) is 7.11 Å². The summed E-state index contributed by atoms with van der Waals surface area (Å²) in [6, 6.07) is 4.51. The summed E-state index contributed by atoms with van der Waals surface area (Å²) < 4.78 is 32.4. The molecule has 0 amide bonds. The van der Waals surface area contributed by atoms with Gasteiger partial charge in [-0.25, -0.2) is 13.1 Å². The zero-order chi connectivity index (χ0) is 14.6. The van der Waals surface area contributed by atoms with Crippen molar-refractivity contribution in [1.82, 2.24) is 10.0 Å². The second-order valence-electron chi connectivity index (χ2n) is 4.84. The normalized spacial score (nSPS) is 17.1. The molecule has 0 aliphatic carbocycles. The molecule has 1 aliphatic rings. The standard InChI is InChI=1S/C13H19ClN2O3S/c1-19-12-8-11(14)2-3-13(12)20(17,18)16-9-10-4-6-15-7-5-10/h2-3,8,10,15-16H,4-7,9H2,1H3. The Kier molecular flexibility index (Phi) is 5.26. The van der Waals surface area contributed by atoms with Crippen LogP contribution in [0.25, 0.3) is 0 Å². The largest absolute Gasteiger partial charge is 0.495 e. The highest BCUT2D eigenvalue weighted by Gasteiger charge is 2.22. The van der Waals surface area contributed by atoms with Crippen molar-refractivity contribution in [3.63, 3.8) is 0 Å². The molecule has 1 aromatic carbocycles. The van der Waals surface area contributed by atoms with Crippen molar-refractivity contribution >= 4 is 21.6 Å². The Labute approximate surface area is 124 Å². The fourth-order valence-electron chi connectivity index (χ4n) is 2.25. The number of rotatable bonds is 5. The van der Waals surface area contributed by atoms with Gasteiger partial charge in [-0.05, 0) is 44.0 Å². The molecule has 2 rings (SSSR count). The minimum atomic E-state index is -3.57. The lowest BCUT2D eigenvalue weighted by molar-refractivity contribution is 0.371. The Morgan fingerprint density at radius 1 is 1.40 bits per heavy atom. The van der Waals surface area contributed by atoms with Crippen LogP contribution in [-0.2, 0) is 10.0 Å². The van der Waals surface area contributed by atoms with E-state index in [1.54, 1.807) is 6.07 Å². The van der Waals surface area contributed by atoms with Crippen molar-refractivity contribution in [2.75, 3.05) is 26.7 Å². The summed E-state index contributed by atoms with van der Waals surface area (Å²) >= 11 is 5.84. The van der Waals surface area contributed by atoms with E-state index < -0.39 is 10.0 Å². The summed E-state index contributed by atoms with van der Waals surface area (Å²) in [6.45, 7) is 2.34. The number of piperidine rings is 1. The highest BCUT2D eigenvalue weighted by Crippen LogP contribution is 2.27. The maximum absolute atomic E-state index is 12.3. The predicted molar refractivity (Wildman–Crippen MR) is 78.8 cm³/mol. The van der Waals surface area contributed by atoms with Crippen LogP contribution < -0.4 is 14.8 Å². The molecule has 1 saturated heterocycles. The zero-order valence-electron chi connectivity index (χ0n) is 11.4. The van der Waals surface area contributed by atoms with Crippen molar-refractivity contribution in [2.24, 2.45) is 5.92 Å². The summed E-state index contributed by atoms with van der Waals surface area (Å²) in [6.07, 6.45) is 1.97. The van der Waals surface area contributed by atoms with Gasteiger partial charge in [0.15, 0.2) is 0 Å². The molecule has 1 fully saturated rings. The Balaban J connectivity index is 2.09. The topological polar surface area (TPSA) is 67.4 Å². The number of benzene rings is 1. The monoisotopic (exact) mass is 318 g/mol. The Morgan fingerprint density at radius 3 is 2.75 bits per heavy atom. The van der Waals surface area contributed by atoms with E-state index >= 15 is 0 Å². The highest BCUT2D eigenvalue weighted by atomic mass is 35.5. The van der Waals surface area contributed by atoms with Crippen molar-refractivity contribution in [3.05, 3.63) is 23.2 Å². The van der Waals surface area contributed by atoms with Gasteiger partial charge < -0.3 is 10.1 Å². The molecule has 0 saturated carbocycles. The Morgan fingerprint density at radius 2 is 2.10 bits per heavy atom. The predicted octanol–water partition coefficient (Wildman–Crippen LogP) is 1.63. The number of halogens is 1. The summed E-state index contributed by atoms with van der Waals surface area (Å²) in [5, 5.41) is 3.70. The maximum Gasteiger partial charge on any atom is 0.244 e. The molecule has 7 heteroatoms. The number of hydrogen-bond donors (Lipinski definition) is 2. The molecule has 0 atom stereocenters. The summed E-state index contributed by atoms with van der Waals surface area (Å²) in [4.78, 5) is 0.123. The minimum absolute atomic E-state index is 0.123. The van der Waals surface area contributed by atoms with Crippen LogP contribution in [0.2, 0.25) is 5.02 Å². The Hall–Kier alpha value is -0.820. The van der Waals surface area contributed by atoms with Gasteiger partial charge in [-0.1, -0.05) is 11.6 Å². The molecule has 1 heterocycles. The highest BCUT2D eigenvalue weighted by molar-refractivity contribution is 7.89. The zero-order valence-corrected chi connectivity index (χ0v) is 12.9. The van der Waals surface area contributed by atoms with Crippen molar-refractivity contribution in [1.29, 1.82) is 0 Å². The molecule has 0 radical (unpaired) electrons. The third-order valence-corrected chi connectivity index (χ3v) is 5.13. The molecular formula is C13H19ClN2O3S. The second kappa shape index (κ2) is 6.76. The number of methoxy groups -OCH3 is 1. The van der Waals surface area contributed by atoms with Crippen LogP contribution in [0.4, 0.5) is 0 Å². The van der Waals surface area contributed by atoms with Crippen LogP contribution in [0.3, 0.4) is 0 Å². The molecule has 0 spiro atoms. The lowest BCUT2D eigenvalue weighted by Crippen LogP contribution is -2.36. The summed E-state index contributed by atoms with van der Waals surface area (Å²) in [5.74, 6) is 0.639. The summed E-state index contributed by atoms with van der Waals surface area (Å²) in [5.41, 5.74) is 0. The lowest BCUT2D eigenvalue weighted by Gasteiger charge is -2.22. The lowest BCUT2D eigenvalue weighted by atomic mass is 9.99. The number of nitrogens with one attached hydrogen (secondary N) is 2. The second-order valence-corrected chi connectivity index (χ2v) is 7.01. The molecule has 1 aromatic rings. The average Bonchev–Trinajstić information content (AvgIpc) is 2.46. The maximum atomic E-state index is 12.3. The number of ether oxygens (including phenoxy) is 1. The van der Waals surface area contributed by atoms with Crippen molar-refractivity contribution in [3.8, 4) is 5.75 Å². The molecule has 0 aromatic heterocycles. The SMILES string of the molecule is COc1cc(Cl)ccc1S(=O)(=O)NCC1CCNCC1. The van der Waals surface area contributed by atoms with Crippen LogP contribution in [0.5, 0.6) is 5.75 Å². The molecule has 5 nitrogen and oxygen atoms in total. The van der Waals surface area contributed by atoms with Gasteiger partial charge >= 0.3 is 0 Å². The van der Waals surface area contributed by atoms with Crippen LogP contribution >= 0.6 is 11.6 Å². The van der Waals surface area contributed by atoms with E-state index in [0.717, 1.165) is 25.9 Å². The molecule has 1 aliphatic heterocycles. The Bertz CT molecular complexity index is 557. The van der Waals surface area contributed by atoms with E-state index in [4.69, 9.17) is 16.3 Å². The van der Waals surface area contributed by atoms with Crippen LogP contribution in [0.15, 0.2) is 23.1 Å². The van der Waals surface area contributed by atoms with E-state index in [1.165, 1.54) is 19.2 Å². The van der Waals surface area contributed by atoms with Crippen molar-refractivity contribution in [2.45, 2.75) is 17.7 Å². The van der Waals surface area contributed by atoms with Gasteiger partial charge in [0.25, 0.3) is 0 Å². The fraction of sp³-hybridized carbons (Fsp3) is 0.538. The van der Waals surface area contributed by atoms with E-state index in [0.29, 0.717) is 17.5 Å². The smallest absolute Gasteiger partial charge is 0.244 e. The van der Waals surface area contributed by atoms with Crippen LogP contribution in [0, 0.1) is 5.92 Å². The van der Waals surface area contributed by atoms with E-state index in [9.17, 15) is 8.42 Å². The molecule has 20 heavy (non-hydrogen) atoms. The molecule has 112 valence electrons. The average molecular weight is 319 g/mol.